The summed E-state index contributed by atoms with van der Waals surface area (Å²) in [6.45, 7) is 0.264. The van der Waals surface area contributed by atoms with Gasteiger partial charge < -0.3 is 15.4 Å². The van der Waals surface area contributed by atoms with Crippen molar-refractivity contribution in [2.24, 2.45) is 0 Å². The molecule has 0 aliphatic heterocycles. The zero-order valence-electron chi connectivity index (χ0n) is 17.5. The maximum absolute atomic E-state index is 12.7. The number of carbonyl (C=O) groups excluding carboxylic acids is 3. The van der Waals surface area contributed by atoms with E-state index in [-0.39, 0.29) is 25.3 Å². The zero-order valence-corrected chi connectivity index (χ0v) is 17.5. The van der Waals surface area contributed by atoms with E-state index in [4.69, 9.17) is 4.74 Å². The average Bonchev–Trinajstić information content (AvgIpc) is 2.84. The minimum Gasteiger partial charge on any atom is -0.461 e. The molecule has 6 nitrogen and oxygen atoms in total. The van der Waals surface area contributed by atoms with Gasteiger partial charge in [-0.05, 0) is 29.3 Å². The van der Waals surface area contributed by atoms with Crippen LogP contribution in [-0.4, -0.2) is 24.3 Å². The van der Waals surface area contributed by atoms with Crippen LogP contribution in [0.1, 0.15) is 27.9 Å². The highest BCUT2D eigenvalue weighted by molar-refractivity contribution is 6.05. The van der Waals surface area contributed by atoms with E-state index in [0.717, 1.165) is 11.1 Å². The number of carbonyl (C=O) groups is 3. The molecule has 0 aliphatic rings. The summed E-state index contributed by atoms with van der Waals surface area (Å²) >= 11 is 0. The summed E-state index contributed by atoms with van der Waals surface area (Å²) in [5, 5.41) is 5.33. The van der Waals surface area contributed by atoms with E-state index in [1.807, 2.05) is 60.7 Å². The summed E-state index contributed by atoms with van der Waals surface area (Å²) in [5.74, 6) is -1.31. The molecule has 6 heteroatoms. The third kappa shape index (κ3) is 7.25. The third-order valence-electron chi connectivity index (χ3n) is 4.50. The number of hydrogen-bond donors (Lipinski definition) is 2. The quantitative estimate of drug-likeness (QED) is 0.402. The Kier molecular flexibility index (Phi) is 8.34. The lowest BCUT2D eigenvalue weighted by molar-refractivity contribution is -0.144. The molecule has 162 valence electrons. The van der Waals surface area contributed by atoms with Gasteiger partial charge in [-0.2, -0.15) is 0 Å². The van der Waals surface area contributed by atoms with Gasteiger partial charge in [-0.1, -0.05) is 78.9 Å². The van der Waals surface area contributed by atoms with Crippen LogP contribution in [0, 0.1) is 0 Å². The SMILES string of the molecule is O=C(CCNC(=O)C(=Cc1ccccc1)NC(=O)c1ccccc1)OCc1ccccc1. The van der Waals surface area contributed by atoms with Gasteiger partial charge in [0.05, 0.1) is 6.42 Å². The maximum atomic E-state index is 12.7. The normalized spacial score (nSPS) is 10.8. The van der Waals surface area contributed by atoms with Crippen molar-refractivity contribution >= 4 is 23.9 Å². The molecule has 0 atom stereocenters. The Labute approximate surface area is 186 Å². The van der Waals surface area contributed by atoms with Gasteiger partial charge in [0, 0.05) is 12.1 Å². The second-order valence-corrected chi connectivity index (χ2v) is 6.94. The standard InChI is InChI=1S/C26H24N2O4/c29-24(32-19-21-12-6-2-7-13-21)16-17-27-26(31)23(18-20-10-4-1-5-11-20)28-25(30)22-14-8-3-9-15-22/h1-15,18H,16-17,19H2,(H,27,31)(H,28,30). The van der Waals surface area contributed by atoms with E-state index in [0.29, 0.717) is 5.56 Å². The largest absolute Gasteiger partial charge is 0.461 e. The molecule has 3 aromatic rings. The molecule has 3 aromatic carbocycles. The van der Waals surface area contributed by atoms with Crippen molar-refractivity contribution in [2.75, 3.05) is 6.54 Å². The summed E-state index contributed by atoms with van der Waals surface area (Å²) in [6, 6.07) is 27.2. The molecule has 0 spiro atoms. The molecule has 0 radical (unpaired) electrons. The molecule has 0 saturated heterocycles. The van der Waals surface area contributed by atoms with Gasteiger partial charge in [-0.3, -0.25) is 14.4 Å². The summed E-state index contributed by atoms with van der Waals surface area (Å²) in [4.78, 5) is 37.2. The predicted octanol–water partition coefficient (Wildman–Crippen LogP) is 3.71. The molecule has 2 amide bonds. The van der Waals surface area contributed by atoms with Gasteiger partial charge in [-0.15, -0.1) is 0 Å². The molecule has 0 bridgehead atoms. The van der Waals surface area contributed by atoms with E-state index in [2.05, 4.69) is 10.6 Å². The Bertz CT molecular complexity index is 1060. The van der Waals surface area contributed by atoms with Crippen molar-refractivity contribution in [2.45, 2.75) is 13.0 Å². The lowest BCUT2D eigenvalue weighted by atomic mass is 10.1. The minimum atomic E-state index is -0.492. The molecule has 2 N–H and O–H groups in total. The molecule has 0 aliphatic carbocycles. The Morgan fingerprint density at radius 3 is 2.03 bits per heavy atom. The molecule has 0 heterocycles. The minimum absolute atomic E-state index is 0.0177. The van der Waals surface area contributed by atoms with Crippen LogP contribution in [0.2, 0.25) is 0 Å². The molecule has 0 aromatic heterocycles. The van der Waals surface area contributed by atoms with Gasteiger partial charge in [0.15, 0.2) is 0 Å². The number of hydrogen-bond acceptors (Lipinski definition) is 4. The lowest BCUT2D eigenvalue weighted by Crippen LogP contribution is -2.35. The number of nitrogens with one attached hydrogen (secondary N) is 2. The summed E-state index contributed by atoms with van der Waals surface area (Å²) in [5.41, 5.74) is 2.17. The summed E-state index contributed by atoms with van der Waals surface area (Å²) in [7, 11) is 0. The fourth-order valence-electron chi connectivity index (χ4n) is 2.84. The lowest BCUT2D eigenvalue weighted by Gasteiger charge is -2.11. The predicted molar refractivity (Wildman–Crippen MR) is 122 cm³/mol. The van der Waals surface area contributed by atoms with E-state index < -0.39 is 17.8 Å². The maximum Gasteiger partial charge on any atom is 0.307 e. The highest BCUT2D eigenvalue weighted by Crippen LogP contribution is 2.07. The van der Waals surface area contributed by atoms with Crippen molar-refractivity contribution in [1.82, 2.24) is 10.6 Å². The van der Waals surface area contributed by atoms with Crippen LogP contribution in [0.25, 0.3) is 6.08 Å². The Hall–Kier alpha value is -4.19. The van der Waals surface area contributed by atoms with Crippen molar-refractivity contribution < 1.29 is 19.1 Å². The zero-order chi connectivity index (χ0) is 22.6. The monoisotopic (exact) mass is 428 g/mol. The molecular formula is C26H24N2O4. The number of benzene rings is 3. The third-order valence-corrected chi connectivity index (χ3v) is 4.50. The van der Waals surface area contributed by atoms with Gasteiger partial charge in [-0.25, -0.2) is 0 Å². The molecule has 0 fully saturated rings. The Morgan fingerprint density at radius 2 is 1.38 bits per heavy atom. The van der Waals surface area contributed by atoms with E-state index in [1.165, 1.54) is 0 Å². The first-order valence-electron chi connectivity index (χ1n) is 10.2. The first-order valence-corrected chi connectivity index (χ1v) is 10.2. The summed E-state index contributed by atoms with van der Waals surface area (Å²) in [6.07, 6.45) is 1.60. The highest BCUT2D eigenvalue weighted by atomic mass is 16.5. The number of amides is 2. The van der Waals surface area contributed by atoms with Crippen molar-refractivity contribution in [3.63, 3.8) is 0 Å². The molecule has 0 saturated carbocycles. The molecule has 32 heavy (non-hydrogen) atoms. The first-order chi connectivity index (χ1) is 15.6. The topological polar surface area (TPSA) is 84.5 Å². The van der Waals surface area contributed by atoms with Crippen molar-refractivity contribution in [3.05, 3.63) is 113 Å². The van der Waals surface area contributed by atoms with E-state index >= 15 is 0 Å². The Balaban J connectivity index is 1.57. The van der Waals surface area contributed by atoms with Crippen molar-refractivity contribution in [1.29, 1.82) is 0 Å². The second-order valence-electron chi connectivity index (χ2n) is 6.94. The number of ether oxygens (including phenoxy) is 1. The van der Waals surface area contributed by atoms with Crippen molar-refractivity contribution in [3.8, 4) is 0 Å². The van der Waals surface area contributed by atoms with E-state index in [9.17, 15) is 14.4 Å². The number of rotatable bonds is 9. The van der Waals surface area contributed by atoms with Crippen LogP contribution < -0.4 is 10.6 Å². The van der Waals surface area contributed by atoms with Crippen LogP contribution in [0.3, 0.4) is 0 Å². The average molecular weight is 428 g/mol. The molecular weight excluding hydrogens is 404 g/mol. The highest BCUT2D eigenvalue weighted by Gasteiger charge is 2.15. The molecule has 0 unspecified atom stereocenters. The number of esters is 1. The fourth-order valence-corrected chi connectivity index (χ4v) is 2.84. The van der Waals surface area contributed by atoms with Crippen LogP contribution in [0.4, 0.5) is 0 Å². The Morgan fingerprint density at radius 1 is 0.781 bits per heavy atom. The first kappa shape index (κ1) is 22.5. The van der Waals surface area contributed by atoms with Gasteiger partial charge in [0.25, 0.3) is 11.8 Å². The van der Waals surface area contributed by atoms with Crippen LogP contribution in [-0.2, 0) is 20.9 Å². The van der Waals surface area contributed by atoms with E-state index in [1.54, 1.807) is 36.4 Å². The fraction of sp³-hybridized carbons (Fsp3) is 0.115. The van der Waals surface area contributed by atoms with Crippen LogP contribution >= 0.6 is 0 Å². The van der Waals surface area contributed by atoms with Crippen LogP contribution in [0.15, 0.2) is 96.7 Å². The van der Waals surface area contributed by atoms with Gasteiger partial charge in [0.2, 0.25) is 0 Å². The van der Waals surface area contributed by atoms with Gasteiger partial charge >= 0.3 is 5.97 Å². The molecule has 3 rings (SSSR count). The second kappa shape index (κ2) is 11.9. The summed E-state index contributed by atoms with van der Waals surface area (Å²) < 4.78 is 5.21. The van der Waals surface area contributed by atoms with Gasteiger partial charge in [0.1, 0.15) is 12.3 Å². The smallest absolute Gasteiger partial charge is 0.307 e. The van der Waals surface area contributed by atoms with Crippen LogP contribution in [0.5, 0.6) is 0 Å².